The van der Waals surface area contributed by atoms with E-state index in [-0.39, 0.29) is 42.2 Å². The molecular formula is C14H23Cl2N3O2. The fourth-order valence-electron chi connectivity index (χ4n) is 2.50. The number of nitrogens with zero attached hydrogens (tertiary/aromatic N) is 1. The van der Waals surface area contributed by atoms with E-state index in [1.54, 1.807) is 24.5 Å². The molecule has 0 bridgehead atoms. The van der Waals surface area contributed by atoms with E-state index in [2.05, 4.69) is 10.3 Å². The molecule has 2 unspecified atom stereocenters. The lowest BCUT2D eigenvalue weighted by Gasteiger charge is -2.57. The summed E-state index contributed by atoms with van der Waals surface area (Å²) in [4.78, 5) is 16.3. The van der Waals surface area contributed by atoms with Gasteiger partial charge < -0.3 is 15.8 Å². The molecule has 1 aliphatic carbocycles. The zero-order chi connectivity index (χ0) is 14.1. The van der Waals surface area contributed by atoms with Crippen LogP contribution in [0.3, 0.4) is 0 Å². The van der Waals surface area contributed by atoms with Crippen LogP contribution in [0, 0.1) is 5.41 Å². The highest BCUT2D eigenvalue weighted by Gasteiger charge is 2.62. The van der Waals surface area contributed by atoms with Crippen molar-refractivity contribution >= 4 is 36.4 Å². The summed E-state index contributed by atoms with van der Waals surface area (Å²) in [5, 5.41) is 2.84. The second-order valence-electron chi connectivity index (χ2n) is 5.53. The number of rotatable bonds is 4. The number of hydrogen-bond donors (Lipinski definition) is 2. The van der Waals surface area contributed by atoms with Gasteiger partial charge in [0.25, 0.3) is 0 Å². The summed E-state index contributed by atoms with van der Waals surface area (Å²) in [6.07, 6.45) is 3.84. The molecule has 3 N–H and O–H groups in total. The second kappa shape index (κ2) is 7.40. The third kappa shape index (κ3) is 3.48. The lowest BCUT2D eigenvalue weighted by molar-refractivity contribution is -0.166. The van der Waals surface area contributed by atoms with Crippen LogP contribution in [0.5, 0.6) is 0 Å². The van der Waals surface area contributed by atoms with Gasteiger partial charge in [0.15, 0.2) is 0 Å². The van der Waals surface area contributed by atoms with Crippen molar-refractivity contribution in [3.05, 3.63) is 24.5 Å². The molecule has 1 heterocycles. The summed E-state index contributed by atoms with van der Waals surface area (Å²) in [5.74, 6) is -0.167. The van der Waals surface area contributed by atoms with E-state index in [1.165, 1.54) is 0 Å². The van der Waals surface area contributed by atoms with Crippen molar-refractivity contribution in [2.24, 2.45) is 11.1 Å². The van der Waals surface area contributed by atoms with Gasteiger partial charge in [-0.15, -0.1) is 24.8 Å². The van der Waals surface area contributed by atoms with Crippen LogP contribution in [-0.4, -0.2) is 29.1 Å². The van der Waals surface area contributed by atoms with Gasteiger partial charge in [0.05, 0.1) is 6.10 Å². The fraction of sp³-hybridized carbons (Fsp3) is 0.571. The Balaban J connectivity index is 0.00000200. The van der Waals surface area contributed by atoms with Gasteiger partial charge in [-0.05, 0) is 19.1 Å². The Bertz CT molecular complexity index is 471. The van der Waals surface area contributed by atoms with Crippen molar-refractivity contribution in [3.63, 3.8) is 0 Å². The molecule has 1 aromatic heterocycles. The van der Waals surface area contributed by atoms with Crippen LogP contribution in [0.25, 0.3) is 0 Å². The summed E-state index contributed by atoms with van der Waals surface area (Å²) in [6, 6.07) is 3.49. The van der Waals surface area contributed by atoms with Crippen molar-refractivity contribution < 1.29 is 9.53 Å². The number of halogens is 2. The second-order valence-corrected chi connectivity index (χ2v) is 5.53. The van der Waals surface area contributed by atoms with Gasteiger partial charge >= 0.3 is 0 Å². The first-order chi connectivity index (χ1) is 8.91. The molecule has 0 radical (unpaired) electrons. The van der Waals surface area contributed by atoms with E-state index in [0.717, 1.165) is 0 Å². The highest BCUT2D eigenvalue weighted by molar-refractivity contribution is 5.99. The highest BCUT2D eigenvalue weighted by atomic mass is 35.5. The standard InChI is InChI=1S/C14H21N3O2.2ClH/c1-4-19-11-9-14(15,13(11,2)3)12(18)17-10-5-7-16-8-6-10;;/h5-8,11H,4,9,15H2,1-3H3,(H,16,17,18);2*1H. The number of ether oxygens (including phenoxy) is 1. The predicted octanol–water partition coefficient (Wildman–Crippen LogP) is 2.40. The number of aromatic nitrogens is 1. The zero-order valence-corrected chi connectivity index (χ0v) is 14.1. The maximum absolute atomic E-state index is 12.4. The van der Waals surface area contributed by atoms with Gasteiger partial charge in [0, 0.05) is 36.5 Å². The molecule has 7 heteroatoms. The van der Waals surface area contributed by atoms with Crippen LogP contribution >= 0.6 is 24.8 Å². The molecule has 2 atom stereocenters. The van der Waals surface area contributed by atoms with E-state index >= 15 is 0 Å². The number of nitrogens with one attached hydrogen (secondary N) is 1. The van der Waals surface area contributed by atoms with Gasteiger partial charge in [-0.1, -0.05) is 13.8 Å². The van der Waals surface area contributed by atoms with Crippen LogP contribution in [0.2, 0.25) is 0 Å². The largest absolute Gasteiger partial charge is 0.378 e. The van der Waals surface area contributed by atoms with E-state index in [0.29, 0.717) is 18.7 Å². The first kappa shape index (κ1) is 20.1. The molecule has 1 aliphatic rings. The Labute approximate surface area is 137 Å². The average Bonchev–Trinajstić information content (AvgIpc) is 2.39. The Kier molecular flexibility index (Phi) is 7.09. The Morgan fingerprint density at radius 3 is 2.48 bits per heavy atom. The Morgan fingerprint density at radius 1 is 1.43 bits per heavy atom. The van der Waals surface area contributed by atoms with E-state index in [9.17, 15) is 4.79 Å². The predicted molar refractivity (Wildman–Crippen MR) is 88.1 cm³/mol. The number of hydrogen-bond acceptors (Lipinski definition) is 4. The first-order valence-corrected chi connectivity index (χ1v) is 6.54. The third-order valence-electron chi connectivity index (χ3n) is 4.17. The molecule has 1 amide bonds. The monoisotopic (exact) mass is 335 g/mol. The number of carbonyl (C=O) groups excluding carboxylic acids is 1. The molecule has 0 aromatic carbocycles. The smallest absolute Gasteiger partial charge is 0.245 e. The van der Waals surface area contributed by atoms with E-state index < -0.39 is 5.54 Å². The van der Waals surface area contributed by atoms with Crippen molar-refractivity contribution in [3.8, 4) is 0 Å². The summed E-state index contributed by atoms with van der Waals surface area (Å²) in [5.41, 5.74) is 5.73. The average molecular weight is 336 g/mol. The van der Waals surface area contributed by atoms with E-state index in [1.807, 2.05) is 20.8 Å². The number of carbonyl (C=O) groups is 1. The van der Waals surface area contributed by atoms with Crippen molar-refractivity contribution in [2.75, 3.05) is 11.9 Å². The van der Waals surface area contributed by atoms with Crippen molar-refractivity contribution in [2.45, 2.75) is 38.8 Å². The van der Waals surface area contributed by atoms with E-state index in [4.69, 9.17) is 10.5 Å². The normalized spacial score (nSPS) is 25.8. The topological polar surface area (TPSA) is 77.2 Å². The zero-order valence-electron chi connectivity index (χ0n) is 12.5. The van der Waals surface area contributed by atoms with Gasteiger partial charge in [0.2, 0.25) is 5.91 Å². The minimum absolute atomic E-state index is 0. The van der Waals surface area contributed by atoms with Crippen molar-refractivity contribution in [1.82, 2.24) is 4.98 Å². The van der Waals surface area contributed by atoms with Crippen LogP contribution in [0.1, 0.15) is 27.2 Å². The van der Waals surface area contributed by atoms with Gasteiger partial charge in [-0.2, -0.15) is 0 Å². The summed E-state index contributed by atoms with van der Waals surface area (Å²) in [7, 11) is 0. The quantitative estimate of drug-likeness (QED) is 0.885. The fourth-order valence-corrected chi connectivity index (χ4v) is 2.50. The molecule has 2 rings (SSSR count). The third-order valence-corrected chi connectivity index (χ3v) is 4.17. The van der Waals surface area contributed by atoms with Crippen molar-refractivity contribution in [1.29, 1.82) is 0 Å². The van der Waals surface area contributed by atoms with Gasteiger partial charge in [-0.3, -0.25) is 9.78 Å². The molecule has 21 heavy (non-hydrogen) atoms. The number of amides is 1. The van der Waals surface area contributed by atoms with Gasteiger partial charge in [0.1, 0.15) is 5.54 Å². The number of pyridine rings is 1. The lowest BCUT2D eigenvalue weighted by atomic mass is 9.54. The molecule has 0 saturated heterocycles. The van der Waals surface area contributed by atoms with Crippen LogP contribution in [-0.2, 0) is 9.53 Å². The molecule has 120 valence electrons. The summed E-state index contributed by atoms with van der Waals surface area (Å²) < 4.78 is 5.62. The molecular weight excluding hydrogens is 313 g/mol. The molecule has 0 aliphatic heterocycles. The molecule has 5 nitrogen and oxygen atoms in total. The minimum Gasteiger partial charge on any atom is -0.378 e. The molecule has 1 aromatic rings. The number of nitrogens with two attached hydrogens (primary N) is 1. The number of anilines is 1. The minimum atomic E-state index is -0.893. The molecule has 1 fully saturated rings. The highest BCUT2D eigenvalue weighted by Crippen LogP contribution is 2.50. The maximum Gasteiger partial charge on any atom is 0.245 e. The SMILES string of the molecule is CCOC1CC(N)(C(=O)Nc2ccncc2)C1(C)C.Cl.Cl. The first-order valence-electron chi connectivity index (χ1n) is 6.54. The maximum atomic E-state index is 12.4. The summed E-state index contributed by atoms with van der Waals surface area (Å²) >= 11 is 0. The Morgan fingerprint density at radius 2 is 2.00 bits per heavy atom. The molecule has 1 saturated carbocycles. The summed E-state index contributed by atoms with van der Waals surface area (Å²) in [6.45, 7) is 6.53. The lowest BCUT2D eigenvalue weighted by Crippen LogP contribution is -2.74. The molecule has 0 spiro atoms. The Hall–Kier alpha value is -0.880. The van der Waals surface area contributed by atoms with Gasteiger partial charge in [-0.25, -0.2) is 0 Å². The van der Waals surface area contributed by atoms with Crippen LogP contribution in [0.4, 0.5) is 5.69 Å². The van der Waals surface area contributed by atoms with Crippen LogP contribution < -0.4 is 11.1 Å². The van der Waals surface area contributed by atoms with Crippen LogP contribution in [0.15, 0.2) is 24.5 Å².